The lowest BCUT2D eigenvalue weighted by molar-refractivity contribution is 0.318. The Bertz CT molecular complexity index is 488. The monoisotopic (exact) mass is 268 g/mol. The van der Waals surface area contributed by atoms with Crippen LogP contribution in [0.15, 0.2) is 29.4 Å². The van der Waals surface area contributed by atoms with Crippen LogP contribution < -0.4 is 4.74 Å². The number of tetrazole rings is 1. The summed E-state index contributed by atoms with van der Waals surface area (Å²) in [7, 11) is 1.80. The van der Waals surface area contributed by atoms with Gasteiger partial charge in [-0.2, -0.15) is 0 Å². The minimum Gasteiger partial charge on any atom is -0.494 e. The van der Waals surface area contributed by atoms with Crippen LogP contribution in [0.3, 0.4) is 0 Å². The van der Waals surface area contributed by atoms with E-state index >= 15 is 0 Å². The second-order valence-electron chi connectivity index (χ2n) is 3.59. The fourth-order valence-corrected chi connectivity index (χ4v) is 2.05. The van der Waals surface area contributed by atoms with Gasteiger partial charge in [-0.3, -0.25) is 0 Å². The Hall–Kier alpha value is -1.63. The highest BCUT2D eigenvalue weighted by Gasteiger charge is 2.02. The number of hydrogen-bond donors (Lipinski definition) is 0. The van der Waals surface area contributed by atoms with Crippen LogP contribution in [0.25, 0.3) is 0 Å². The van der Waals surface area contributed by atoms with E-state index in [1.54, 1.807) is 35.6 Å². The Balaban J connectivity index is 1.64. The largest absolute Gasteiger partial charge is 0.494 e. The molecule has 0 saturated heterocycles. The molecule has 0 radical (unpaired) electrons. The number of benzene rings is 1. The van der Waals surface area contributed by atoms with Crippen molar-refractivity contribution in [2.45, 2.75) is 11.6 Å². The third-order valence-electron chi connectivity index (χ3n) is 2.18. The van der Waals surface area contributed by atoms with E-state index in [1.165, 1.54) is 12.1 Å². The molecule has 0 aliphatic carbocycles. The summed E-state index contributed by atoms with van der Waals surface area (Å²) < 4.78 is 19.7. The van der Waals surface area contributed by atoms with E-state index in [4.69, 9.17) is 4.74 Å². The number of aromatic nitrogens is 4. The van der Waals surface area contributed by atoms with Crippen LogP contribution in [-0.4, -0.2) is 32.6 Å². The SMILES string of the molecule is Cn1nnnc1SCCCOc1ccc(F)cc1. The molecule has 0 aliphatic heterocycles. The summed E-state index contributed by atoms with van der Waals surface area (Å²) in [4.78, 5) is 0. The maximum Gasteiger partial charge on any atom is 0.209 e. The van der Waals surface area contributed by atoms with E-state index in [-0.39, 0.29) is 5.82 Å². The highest BCUT2D eigenvalue weighted by atomic mass is 32.2. The molecule has 0 fully saturated rings. The fourth-order valence-electron chi connectivity index (χ4n) is 1.29. The first-order chi connectivity index (χ1) is 8.75. The van der Waals surface area contributed by atoms with E-state index in [2.05, 4.69) is 15.5 Å². The Morgan fingerprint density at radius 2 is 2.11 bits per heavy atom. The van der Waals surface area contributed by atoms with Crippen molar-refractivity contribution in [2.75, 3.05) is 12.4 Å². The van der Waals surface area contributed by atoms with Crippen LogP contribution in [0.2, 0.25) is 0 Å². The predicted octanol–water partition coefficient (Wildman–Crippen LogP) is 1.91. The van der Waals surface area contributed by atoms with Gasteiger partial charge in [-0.25, -0.2) is 9.07 Å². The van der Waals surface area contributed by atoms with Crippen molar-refractivity contribution in [2.24, 2.45) is 7.05 Å². The molecule has 0 aliphatic rings. The Morgan fingerprint density at radius 3 is 2.78 bits per heavy atom. The summed E-state index contributed by atoms with van der Waals surface area (Å²) in [5.41, 5.74) is 0. The molecule has 0 atom stereocenters. The third kappa shape index (κ3) is 3.69. The molecular formula is C11H13FN4OS. The Labute approximate surface area is 108 Å². The zero-order valence-electron chi connectivity index (χ0n) is 9.91. The summed E-state index contributed by atoms with van der Waals surface area (Å²) in [6.45, 7) is 0.587. The van der Waals surface area contributed by atoms with Crippen LogP contribution in [0.5, 0.6) is 5.75 Å². The number of hydrogen-bond acceptors (Lipinski definition) is 5. The number of ether oxygens (including phenoxy) is 1. The minimum absolute atomic E-state index is 0.257. The van der Waals surface area contributed by atoms with E-state index < -0.39 is 0 Å². The normalized spacial score (nSPS) is 10.6. The van der Waals surface area contributed by atoms with E-state index in [9.17, 15) is 4.39 Å². The van der Waals surface area contributed by atoms with Crippen molar-refractivity contribution < 1.29 is 9.13 Å². The minimum atomic E-state index is -0.257. The molecule has 0 bridgehead atoms. The van der Waals surface area contributed by atoms with Crippen LogP contribution in [0, 0.1) is 5.82 Å². The Morgan fingerprint density at radius 1 is 1.33 bits per heavy atom. The third-order valence-corrected chi connectivity index (χ3v) is 3.28. The average molecular weight is 268 g/mol. The van der Waals surface area contributed by atoms with Crippen LogP contribution in [0.4, 0.5) is 4.39 Å². The van der Waals surface area contributed by atoms with E-state index in [0.717, 1.165) is 17.3 Å². The lowest BCUT2D eigenvalue weighted by Crippen LogP contribution is -2.00. The number of halogens is 1. The van der Waals surface area contributed by atoms with Gasteiger partial charge in [0, 0.05) is 12.8 Å². The second-order valence-corrected chi connectivity index (χ2v) is 4.65. The van der Waals surface area contributed by atoms with Crippen molar-refractivity contribution in [1.29, 1.82) is 0 Å². The summed E-state index contributed by atoms with van der Waals surface area (Å²) in [6.07, 6.45) is 0.870. The second kappa shape index (κ2) is 6.34. The molecule has 1 aromatic carbocycles. The van der Waals surface area contributed by atoms with Crippen molar-refractivity contribution in [3.8, 4) is 5.75 Å². The molecule has 7 heteroatoms. The number of aryl methyl sites for hydroxylation is 1. The maximum atomic E-state index is 12.6. The summed E-state index contributed by atoms with van der Waals surface area (Å²) in [6, 6.07) is 6.01. The molecular weight excluding hydrogens is 255 g/mol. The first-order valence-electron chi connectivity index (χ1n) is 5.49. The van der Waals surface area contributed by atoms with E-state index in [1.807, 2.05) is 0 Å². The zero-order chi connectivity index (χ0) is 12.8. The molecule has 5 nitrogen and oxygen atoms in total. The van der Waals surface area contributed by atoms with Gasteiger partial charge in [-0.1, -0.05) is 11.8 Å². The highest BCUT2D eigenvalue weighted by Crippen LogP contribution is 2.15. The van der Waals surface area contributed by atoms with Gasteiger partial charge in [0.05, 0.1) is 6.61 Å². The first kappa shape index (κ1) is 12.8. The quantitative estimate of drug-likeness (QED) is 0.591. The van der Waals surface area contributed by atoms with Crippen molar-refractivity contribution >= 4 is 11.8 Å². The molecule has 0 saturated carbocycles. The fraction of sp³-hybridized carbons (Fsp3) is 0.364. The van der Waals surface area contributed by atoms with Gasteiger partial charge in [0.2, 0.25) is 5.16 Å². The van der Waals surface area contributed by atoms with Crippen LogP contribution >= 0.6 is 11.8 Å². The van der Waals surface area contributed by atoms with Crippen LogP contribution in [-0.2, 0) is 7.05 Å². The molecule has 1 aromatic heterocycles. The smallest absolute Gasteiger partial charge is 0.209 e. The standard InChI is InChI=1S/C11H13FN4OS/c1-16-11(13-14-15-16)18-8-2-7-17-10-5-3-9(12)4-6-10/h3-6H,2,7-8H2,1H3. The van der Waals surface area contributed by atoms with Gasteiger partial charge in [-0.05, 0) is 41.1 Å². The zero-order valence-corrected chi connectivity index (χ0v) is 10.7. The van der Waals surface area contributed by atoms with Gasteiger partial charge in [0.1, 0.15) is 11.6 Å². The molecule has 2 aromatic rings. The maximum absolute atomic E-state index is 12.6. The molecule has 0 N–H and O–H groups in total. The lowest BCUT2D eigenvalue weighted by atomic mass is 10.3. The van der Waals surface area contributed by atoms with E-state index in [0.29, 0.717) is 12.4 Å². The molecule has 2 rings (SSSR count). The molecule has 18 heavy (non-hydrogen) atoms. The molecule has 96 valence electrons. The summed E-state index contributed by atoms with van der Waals surface area (Å²) >= 11 is 1.58. The number of nitrogens with zero attached hydrogens (tertiary/aromatic N) is 4. The van der Waals surface area contributed by atoms with Crippen LogP contribution in [0.1, 0.15) is 6.42 Å². The highest BCUT2D eigenvalue weighted by molar-refractivity contribution is 7.99. The molecule has 0 unspecified atom stereocenters. The summed E-state index contributed by atoms with van der Waals surface area (Å²) in [5.74, 6) is 1.30. The van der Waals surface area contributed by atoms with Crippen molar-refractivity contribution in [3.05, 3.63) is 30.1 Å². The Kier molecular flexibility index (Phi) is 4.52. The average Bonchev–Trinajstić information content (AvgIpc) is 2.77. The number of rotatable bonds is 6. The molecule has 0 spiro atoms. The number of thioether (sulfide) groups is 1. The lowest BCUT2D eigenvalue weighted by Gasteiger charge is -2.05. The summed E-state index contributed by atoms with van der Waals surface area (Å²) in [5, 5.41) is 11.9. The topological polar surface area (TPSA) is 52.8 Å². The van der Waals surface area contributed by atoms with Gasteiger partial charge in [0.15, 0.2) is 0 Å². The van der Waals surface area contributed by atoms with Gasteiger partial charge < -0.3 is 4.74 Å². The first-order valence-corrected chi connectivity index (χ1v) is 6.48. The van der Waals surface area contributed by atoms with Crippen molar-refractivity contribution in [3.63, 3.8) is 0 Å². The van der Waals surface area contributed by atoms with Gasteiger partial charge in [-0.15, -0.1) is 5.10 Å². The van der Waals surface area contributed by atoms with Gasteiger partial charge in [0.25, 0.3) is 0 Å². The molecule has 1 heterocycles. The van der Waals surface area contributed by atoms with Crippen molar-refractivity contribution in [1.82, 2.24) is 20.2 Å². The van der Waals surface area contributed by atoms with Gasteiger partial charge >= 0.3 is 0 Å². The molecule has 0 amide bonds. The predicted molar refractivity (Wildman–Crippen MR) is 66.0 cm³/mol.